The maximum absolute atomic E-state index is 6.11. The molecule has 0 amide bonds. The van der Waals surface area contributed by atoms with Crippen molar-refractivity contribution < 1.29 is 4.74 Å². The standard InChI is InChI=1S/C21H18OS/c1-14-7-10-16(11-8-14)23-21-17-5-3-4-6-19(17)22-20-12-9-15(2)13-18(20)21/h3-13,21H,1-2H3/t21-/m1/s1. The quantitative estimate of drug-likeness (QED) is 0.549. The van der Waals surface area contributed by atoms with Crippen molar-refractivity contribution in [3.63, 3.8) is 0 Å². The third kappa shape index (κ3) is 2.75. The van der Waals surface area contributed by atoms with Crippen LogP contribution < -0.4 is 4.74 Å². The van der Waals surface area contributed by atoms with E-state index in [1.54, 1.807) is 0 Å². The molecule has 0 radical (unpaired) electrons. The van der Waals surface area contributed by atoms with Gasteiger partial charge in [-0.1, -0.05) is 53.6 Å². The van der Waals surface area contributed by atoms with Gasteiger partial charge in [0.15, 0.2) is 0 Å². The fourth-order valence-corrected chi connectivity index (χ4v) is 4.12. The van der Waals surface area contributed by atoms with E-state index < -0.39 is 0 Å². The lowest BCUT2D eigenvalue weighted by molar-refractivity contribution is 0.458. The van der Waals surface area contributed by atoms with Crippen LogP contribution in [0.4, 0.5) is 0 Å². The lowest BCUT2D eigenvalue weighted by Gasteiger charge is -2.28. The molecule has 1 aliphatic heterocycles. The minimum absolute atomic E-state index is 0.262. The molecule has 0 unspecified atom stereocenters. The van der Waals surface area contributed by atoms with E-state index in [1.807, 2.05) is 17.8 Å². The molecular weight excluding hydrogens is 300 g/mol. The zero-order chi connectivity index (χ0) is 15.8. The van der Waals surface area contributed by atoms with E-state index in [4.69, 9.17) is 4.74 Å². The van der Waals surface area contributed by atoms with Gasteiger partial charge in [0.1, 0.15) is 11.5 Å². The van der Waals surface area contributed by atoms with E-state index >= 15 is 0 Å². The van der Waals surface area contributed by atoms with Crippen LogP contribution in [0, 0.1) is 13.8 Å². The molecule has 0 spiro atoms. The SMILES string of the molecule is Cc1ccc(S[C@@H]2c3ccccc3Oc3ccc(C)cc32)cc1. The normalized spacial score (nSPS) is 15.5. The molecule has 0 saturated carbocycles. The molecule has 0 aliphatic carbocycles. The Labute approximate surface area is 141 Å². The van der Waals surface area contributed by atoms with Gasteiger partial charge < -0.3 is 4.74 Å². The summed E-state index contributed by atoms with van der Waals surface area (Å²) in [6.07, 6.45) is 0. The molecule has 1 atom stereocenters. The van der Waals surface area contributed by atoms with Crippen LogP contribution in [0.2, 0.25) is 0 Å². The van der Waals surface area contributed by atoms with Gasteiger partial charge in [0, 0.05) is 16.0 Å². The summed E-state index contributed by atoms with van der Waals surface area (Å²) in [6, 6.07) is 23.5. The molecule has 1 aliphatic rings. The van der Waals surface area contributed by atoms with Gasteiger partial charge in [-0.15, -0.1) is 11.8 Å². The van der Waals surface area contributed by atoms with Gasteiger partial charge >= 0.3 is 0 Å². The average molecular weight is 318 g/mol. The van der Waals surface area contributed by atoms with Crippen molar-refractivity contribution in [2.24, 2.45) is 0 Å². The number of hydrogen-bond acceptors (Lipinski definition) is 2. The number of ether oxygens (including phenoxy) is 1. The lowest BCUT2D eigenvalue weighted by Crippen LogP contribution is -2.07. The van der Waals surface area contributed by atoms with E-state index in [-0.39, 0.29) is 5.25 Å². The van der Waals surface area contributed by atoms with E-state index in [0.29, 0.717) is 0 Å². The van der Waals surface area contributed by atoms with Gasteiger partial charge in [0.05, 0.1) is 5.25 Å². The molecule has 1 heterocycles. The van der Waals surface area contributed by atoms with E-state index in [9.17, 15) is 0 Å². The van der Waals surface area contributed by atoms with E-state index in [0.717, 1.165) is 11.5 Å². The molecule has 3 aromatic rings. The van der Waals surface area contributed by atoms with Crippen LogP contribution in [0.3, 0.4) is 0 Å². The number of thioether (sulfide) groups is 1. The largest absolute Gasteiger partial charge is 0.457 e. The second-order valence-corrected chi connectivity index (χ2v) is 7.17. The van der Waals surface area contributed by atoms with Crippen LogP contribution in [0.1, 0.15) is 27.5 Å². The Morgan fingerprint density at radius 3 is 2.26 bits per heavy atom. The number of hydrogen-bond donors (Lipinski definition) is 0. The van der Waals surface area contributed by atoms with Crippen molar-refractivity contribution in [2.45, 2.75) is 24.0 Å². The van der Waals surface area contributed by atoms with Crippen LogP contribution in [-0.4, -0.2) is 0 Å². The zero-order valence-electron chi connectivity index (χ0n) is 13.2. The first-order valence-corrected chi connectivity index (χ1v) is 8.69. The Kier molecular flexibility index (Phi) is 3.62. The summed E-state index contributed by atoms with van der Waals surface area (Å²) in [4.78, 5) is 1.28. The molecule has 1 nitrogen and oxygen atoms in total. The highest BCUT2D eigenvalue weighted by Gasteiger charge is 2.27. The summed E-state index contributed by atoms with van der Waals surface area (Å²) in [5.41, 5.74) is 5.06. The lowest BCUT2D eigenvalue weighted by atomic mass is 9.98. The van der Waals surface area contributed by atoms with Gasteiger partial charge in [0.25, 0.3) is 0 Å². The first-order chi connectivity index (χ1) is 11.2. The van der Waals surface area contributed by atoms with Gasteiger partial charge in [-0.25, -0.2) is 0 Å². The molecule has 0 aromatic heterocycles. The zero-order valence-corrected chi connectivity index (χ0v) is 14.1. The fraction of sp³-hybridized carbons (Fsp3) is 0.143. The smallest absolute Gasteiger partial charge is 0.132 e. The van der Waals surface area contributed by atoms with Gasteiger partial charge in [-0.05, 0) is 38.1 Å². The topological polar surface area (TPSA) is 9.23 Å². The van der Waals surface area contributed by atoms with Crippen molar-refractivity contribution >= 4 is 11.8 Å². The summed E-state index contributed by atoms with van der Waals surface area (Å²) >= 11 is 1.89. The fourth-order valence-electron chi connectivity index (χ4n) is 2.92. The van der Waals surface area contributed by atoms with Crippen LogP contribution in [0.25, 0.3) is 0 Å². The number of aryl methyl sites for hydroxylation is 2. The van der Waals surface area contributed by atoms with Crippen molar-refractivity contribution in [3.05, 3.63) is 89.0 Å². The first-order valence-electron chi connectivity index (χ1n) is 7.81. The molecule has 0 N–H and O–H groups in total. The second kappa shape index (κ2) is 5.78. The molecule has 2 heteroatoms. The van der Waals surface area contributed by atoms with Crippen molar-refractivity contribution in [1.29, 1.82) is 0 Å². The highest BCUT2D eigenvalue weighted by Crippen LogP contribution is 2.51. The molecule has 114 valence electrons. The molecular formula is C21H18OS. The Hall–Kier alpha value is -2.19. The maximum Gasteiger partial charge on any atom is 0.132 e. The Bertz CT molecular complexity index is 852. The Morgan fingerprint density at radius 1 is 0.739 bits per heavy atom. The monoisotopic (exact) mass is 318 g/mol. The van der Waals surface area contributed by atoms with Crippen LogP contribution in [0.15, 0.2) is 71.6 Å². The predicted octanol–water partition coefficient (Wildman–Crippen LogP) is 6.29. The third-order valence-corrected chi connectivity index (χ3v) is 5.43. The third-order valence-electron chi connectivity index (χ3n) is 4.14. The number of fused-ring (bicyclic) bond motifs is 2. The minimum atomic E-state index is 0.262. The minimum Gasteiger partial charge on any atom is -0.457 e. The summed E-state index contributed by atoms with van der Waals surface area (Å²) in [5, 5.41) is 0.262. The van der Waals surface area contributed by atoms with Crippen LogP contribution in [-0.2, 0) is 0 Å². The van der Waals surface area contributed by atoms with Crippen molar-refractivity contribution in [3.8, 4) is 11.5 Å². The van der Waals surface area contributed by atoms with E-state index in [2.05, 4.69) is 74.5 Å². The second-order valence-electron chi connectivity index (χ2n) is 5.99. The molecule has 0 bridgehead atoms. The van der Waals surface area contributed by atoms with Gasteiger partial charge in [0.2, 0.25) is 0 Å². The van der Waals surface area contributed by atoms with Crippen molar-refractivity contribution in [2.75, 3.05) is 0 Å². The highest BCUT2D eigenvalue weighted by molar-refractivity contribution is 7.99. The molecule has 0 fully saturated rings. The molecule has 4 rings (SSSR count). The molecule has 23 heavy (non-hydrogen) atoms. The number of benzene rings is 3. The van der Waals surface area contributed by atoms with Crippen LogP contribution in [0.5, 0.6) is 11.5 Å². The van der Waals surface area contributed by atoms with Crippen LogP contribution >= 0.6 is 11.8 Å². The summed E-state index contributed by atoms with van der Waals surface area (Å²) in [7, 11) is 0. The Balaban J connectivity index is 1.81. The number of rotatable bonds is 2. The van der Waals surface area contributed by atoms with Gasteiger partial charge in [-0.3, -0.25) is 0 Å². The molecule has 0 saturated heterocycles. The summed E-state index contributed by atoms with van der Waals surface area (Å²) in [5.74, 6) is 1.94. The first kappa shape index (κ1) is 14.4. The highest BCUT2D eigenvalue weighted by atomic mass is 32.2. The number of para-hydroxylation sites is 1. The van der Waals surface area contributed by atoms with Gasteiger partial charge in [-0.2, -0.15) is 0 Å². The van der Waals surface area contributed by atoms with E-state index in [1.165, 1.54) is 27.1 Å². The summed E-state index contributed by atoms with van der Waals surface area (Å²) < 4.78 is 6.11. The summed E-state index contributed by atoms with van der Waals surface area (Å²) in [6.45, 7) is 4.26. The predicted molar refractivity (Wildman–Crippen MR) is 96.6 cm³/mol. The van der Waals surface area contributed by atoms with Crippen molar-refractivity contribution in [1.82, 2.24) is 0 Å². The Morgan fingerprint density at radius 2 is 1.43 bits per heavy atom. The maximum atomic E-state index is 6.11. The molecule has 3 aromatic carbocycles. The average Bonchev–Trinajstić information content (AvgIpc) is 2.57.